The molecule has 172 valence electrons. The molecule has 2 heterocycles. The van der Waals surface area contributed by atoms with E-state index in [1.165, 1.54) is 5.69 Å². The highest BCUT2D eigenvalue weighted by atomic mass is 16.4. The molecule has 0 atom stereocenters. The standard InChI is InChI=1S/C13H17NO2.C12H16N2O2/c1-13(12(15)16)7-9-14(10-8-13)11-5-3-2-4-6-11;13-12(11(15)16)6-8-14(9-7-12)10-4-2-1-3-5-10/h2-6H,7-10H2,1H3,(H,15,16);1-5H,6-9,13H2,(H,15,16). The van der Waals surface area contributed by atoms with Crippen LogP contribution in [0.15, 0.2) is 60.7 Å². The number of hydrogen-bond donors (Lipinski definition) is 3. The van der Waals surface area contributed by atoms with Crippen LogP contribution < -0.4 is 15.5 Å². The van der Waals surface area contributed by atoms with Gasteiger partial charge in [-0.1, -0.05) is 36.4 Å². The lowest BCUT2D eigenvalue weighted by Crippen LogP contribution is -2.55. The fraction of sp³-hybridized carbons (Fsp3) is 0.440. The second kappa shape index (κ2) is 10.0. The van der Waals surface area contributed by atoms with Gasteiger partial charge in [-0.3, -0.25) is 9.59 Å². The zero-order valence-electron chi connectivity index (χ0n) is 18.6. The maximum absolute atomic E-state index is 11.1. The topological polar surface area (TPSA) is 107 Å². The Morgan fingerprint density at radius 1 is 0.719 bits per heavy atom. The molecule has 2 aliphatic rings. The molecule has 2 aromatic rings. The highest BCUT2D eigenvalue weighted by molar-refractivity contribution is 5.79. The first-order valence-electron chi connectivity index (χ1n) is 11.1. The smallest absolute Gasteiger partial charge is 0.323 e. The summed E-state index contributed by atoms with van der Waals surface area (Å²) >= 11 is 0. The van der Waals surface area contributed by atoms with Crippen LogP contribution >= 0.6 is 0 Å². The van der Waals surface area contributed by atoms with Crippen molar-refractivity contribution < 1.29 is 19.8 Å². The summed E-state index contributed by atoms with van der Waals surface area (Å²) in [5.74, 6) is -1.56. The normalized spacial score (nSPS) is 19.4. The third-order valence-electron chi connectivity index (χ3n) is 6.71. The van der Waals surface area contributed by atoms with Crippen molar-refractivity contribution in [3.05, 3.63) is 60.7 Å². The molecular formula is C25H33N3O4. The molecule has 2 fully saturated rings. The second-order valence-corrected chi connectivity index (χ2v) is 8.97. The summed E-state index contributed by atoms with van der Waals surface area (Å²) in [5, 5.41) is 18.1. The molecule has 0 bridgehead atoms. The summed E-state index contributed by atoms with van der Waals surface area (Å²) in [6.07, 6.45) is 2.43. The Hall–Kier alpha value is -3.06. The van der Waals surface area contributed by atoms with Gasteiger partial charge in [0.25, 0.3) is 0 Å². The fourth-order valence-electron chi connectivity index (χ4n) is 4.13. The molecule has 7 heteroatoms. The van der Waals surface area contributed by atoms with Crippen molar-refractivity contribution in [2.45, 2.75) is 38.1 Å². The summed E-state index contributed by atoms with van der Waals surface area (Å²) in [6.45, 7) is 4.90. The number of aliphatic carboxylic acids is 2. The van der Waals surface area contributed by atoms with Crippen LogP contribution in [0.5, 0.6) is 0 Å². The number of carboxylic acid groups (broad SMARTS) is 2. The van der Waals surface area contributed by atoms with Crippen LogP contribution in [0.3, 0.4) is 0 Å². The van der Waals surface area contributed by atoms with Crippen molar-refractivity contribution in [1.82, 2.24) is 0 Å². The van der Waals surface area contributed by atoms with Gasteiger partial charge < -0.3 is 25.7 Å². The van der Waals surface area contributed by atoms with Crippen molar-refractivity contribution in [3.63, 3.8) is 0 Å². The Morgan fingerprint density at radius 2 is 1.09 bits per heavy atom. The number of carbonyl (C=O) groups is 2. The van der Waals surface area contributed by atoms with Crippen molar-refractivity contribution >= 4 is 23.3 Å². The van der Waals surface area contributed by atoms with E-state index in [1.54, 1.807) is 0 Å². The number of carboxylic acids is 2. The SMILES string of the molecule is CC1(C(=O)O)CCN(c2ccccc2)CC1.NC1(C(=O)O)CCN(c2ccccc2)CC1. The largest absolute Gasteiger partial charge is 0.481 e. The van der Waals surface area contributed by atoms with Gasteiger partial charge >= 0.3 is 11.9 Å². The van der Waals surface area contributed by atoms with Gasteiger partial charge in [0.2, 0.25) is 0 Å². The quantitative estimate of drug-likeness (QED) is 0.670. The predicted molar refractivity (Wildman–Crippen MR) is 126 cm³/mol. The van der Waals surface area contributed by atoms with Crippen molar-refractivity contribution in [2.75, 3.05) is 36.0 Å². The minimum absolute atomic E-state index is 0.497. The first kappa shape index (κ1) is 23.6. The molecular weight excluding hydrogens is 406 g/mol. The first-order valence-corrected chi connectivity index (χ1v) is 11.1. The Morgan fingerprint density at radius 3 is 1.44 bits per heavy atom. The molecule has 0 saturated carbocycles. The van der Waals surface area contributed by atoms with E-state index >= 15 is 0 Å². The summed E-state index contributed by atoms with van der Waals surface area (Å²) in [4.78, 5) is 26.5. The Balaban J connectivity index is 0.000000181. The van der Waals surface area contributed by atoms with Crippen LogP contribution in [-0.2, 0) is 9.59 Å². The molecule has 0 amide bonds. The molecule has 0 radical (unpaired) electrons. The van der Waals surface area contributed by atoms with Crippen LogP contribution in [0.25, 0.3) is 0 Å². The average molecular weight is 440 g/mol. The summed E-state index contributed by atoms with van der Waals surface area (Å²) in [6, 6.07) is 20.2. The summed E-state index contributed by atoms with van der Waals surface area (Å²) in [5.41, 5.74) is 6.57. The summed E-state index contributed by atoms with van der Waals surface area (Å²) in [7, 11) is 0. The third-order valence-corrected chi connectivity index (χ3v) is 6.71. The molecule has 7 nitrogen and oxygen atoms in total. The monoisotopic (exact) mass is 439 g/mol. The van der Waals surface area contributed by atoms with Gasteiger partial charge in [-0.05, 0) is 56.9 Å². The van der Waals surface area contributed by atoms with Crippen molar-refractivity contribution in [3.8, 4) is 0 Å². The first-order chi connectivity index (χ1) is 15.2. The minimum atomic E-state index is -1.04. The lowest BCUT2D eigenvalue weighted by molar-refractivity contribution is -0.149. The molecule has 2 aromatic carbocycles. The molecule has 4 rings (SSSR count). The average Bonchev–Trinajstić information content (AvgIpc) is 2.81. The van der Waals surface area contributed by atoms with E-state index < -0.39 is 22.9 Å². The van der Waals surface area contributed by atoms with Crippen LogP contribution in [0.2, 0.25) is 0 Å². The predicted octanol–water partition coefficient (Wildman–Crippen LogP) is 3.45. The molecule has 2 aliphatic heterocycles. The van der Waals surface area contributed by atoms with E-state index in [0.717, 1.165) is 31.6 Å². The molecule has 0 unspecified atom stereocenters. The number of nitrogens with zero attached hydrogens (tertiary/aromatic N) is 2. The van der Waals surface area contributed by atoms with E-state index in [-0.39, 0.29) is 0 Å². The number of benzene rings is 2. The van der Waals surface area contributed by atoms with E-state index in [0.29, 0.717) is 25.9 Å². The number of rotatable bonds is 4. The zero-order valence-corrected chi connectivity index (χ0v) is 18.6. The Labute approximate surface area is 189 Å². The molecule has 32 heavy (non-hydrogen) atoms. The Bertz CT molecular complexity index is 812. The van der Waals surface area contributed by atoms with Gasteiger partial charge in [0, 0.05) is 37.6 Å². The van der Waals surface area contributed by atoms with E-state index in [1.807, 2.05) is 55.5 Å². The van der Waals surface area contributed by atoms with Gasteiger partial charge in [-0.2, -0.15) is 0 Å². The van der Waals surface area contributed by atoms with Crippen LogP contribution in [0.4, 0.5) is 11.4 Å². The van der Waals surface area contributed by atoms with Crippen LogP contribution in [-0.4, -0.2) is 53.9 Å². The van der Waals surface area contributed by atoms with E-state index in [2.05, 4.69) is 21.9 Å². The van der Waals surface area contributed by atoms with E-state index in [9.17, 15) is 9.59 Å². The number of nitrogens with two attached hydrogens (primary N) is 1. The highest BCUT2D eigenvalue weighted by Gasteiger charge is 2.38. The van der Waals surface area contributed by atoms with Gasteiger partial charge in [-0.25, -0.2) is 0 Å². The van der Waals surface area contributed by atoms with Gasteiger partial charge in [-0.15, -0.1) is 0 Å². The Kier molecular flexibility index (Phi) is 7.40. The number of anilines is 2. The molecule has 0 aliphatic carbocycles. The maximum Gasteiger partial charge on any atom is 0.323 e. The zero-order chi connectivity index (χ0) is 23.2. The number of piperidine rings is 2. The van der Waals surface area contributed by atoms with Crippen molar-refractivity contribution in [2.24, 2.45) is 11.1 Å². The van der Waals surface area contributed by atoms with Gasteiger partial charge in [0.05, 0.1) is 5.41 Å². The highest BCUT2D eigenvalue weighted by Crippen LogP contribution is 2.33. The van der Waals surface area contributed by atoms with Gasteiger partial charge in [0.15, 0.2) is 0 Å². The lowest BCUT2D eigenvalue weighted by atomic mass is 9.80. The maximum atomic E-state index is 11.1. The molecule has 0 aromatic heterocycles. The number of hydrogen-bond acceptors (Lipinski definition) is 5. The number of para-hydroxylation sites is 2. The third kappa shape index (κ3) is 5.59. The van der Waals surface area contributed by atoms with E-state index in [4.69, 9.17) is 15.9 Å². The van der Waals surface area contributed by atoms with Crippen LogP contribution in [0, 0.1) is 5.41 Å². The fourth-order valence-corrected chi connectivity index (χ4v) is 4.13. The molecule has 4 N–H and O–H groups in total. The van der Waals surface area contributed by atoms with Crippen molar-refractivity contribution in [1.29, 1.82) is 0 Å². The lowest BCUT2D eigenvalue weighted by Gasteiger charge is -2.37. The minimum Gasteiger partial charge on any atom is -0.481 e. The molecule has 2 saturated heterocycles. The van der Waals surface area contributed by atoms with Gasteiger partial charge in [0.1, 0.15) is 5.54 Å². The van der Waals surface area contributed by atoms with Crippen LogP contribution in [0.1, 0.15) is 32.6 Å². The summed E-state index contributed by atoms with van der Waals surface area (Å²) < 4.78 is 0. The second-order valence-electron chi connectivity index (χ2n) is 8.97. The molecule has 0 spiro atoms.